The van der Waals surface area contributed by atoms with E-state index in [2.05, 4.69) is 26.1 Å². The number of anilines is 3. The first kappa shape index (κ1) is 18.5. The Labute approximate surface area is 168 Å². The predicted octanol–water partition coefficient (Wildman–Crippen LogP) is 3.67. The fraction of sp³-hybridized carbons (Fsp3) is 0.136. The topological polar surface area (TPSA) is 98.9 Å². The molecule has 3 aromatic rings. The fourth-order valence-electron chi connectivity index (χ4n) is 3.33. The highest BCUT2D eigenvalue weighted by Crippen LogP contribution is 2.33. The lowest BCUT2D eigenvalue weighted by molar-refractivity contribution is -0.114. The van der Waals surface area contributed by atoms with Crippen LogP contribution in [-0.2, 0) is 16.0 Å². The van der Waals surface area contributed by atoms with Crippen molar-refractivity contribution in [1.29, 1.82) is 0 Å². The van der Waals surface area contributed by atoms with Crippen LogP contribution in [0.25, 0.3) is 5.57 Å². The number of hydrogen-bond acceptors (Lipinski definition) is 4. The van der Waals surface area contributed by atoms with E-state index in [1.807, 2.05) is 55.5 Å². The van der Waals surface area contributed by atoms with E-state index in [1.54, 1.807) is 6.20 Å². The van der Waals surface area contributed by atoms with Crippen LogP contribution in [0.2, 0.25) is 0 Å². The lowest BCUT2D eigenvalue weighted by Gasteiger charge is -2.08. The molecule has 4 rings (SSSR count). The molecule has 1 aliphatic rings. The van der Waals surface area contributed by atoms with Gasteiger partial charge in [0, 0.05) is 36.1 Å². The Morgan fingerprint density at radius 2 is 1.97 bits per heavy atom. The molecule has 29 heavy (non-hydrogen) atoms. The minimum atomic E-state index is -0.145. The maximum absolute atomic E-state index is 12.4. The number of hydrogen-bond donors (Lipinski definition) is 4. The molecule has 0 bridgehead atoms. The van der Waals surface area contributed by atoms with Gasteiger partial charge >= 0.3 is 0 Å². The molecule has 7 heteroatoms. The van der Waals surface area contributed by atoms with Crippen molar-refractivity contribution >= 4 is 34.6 Å². The first-order chi connectivity index (χ1) is 14.0. The van der Waals surface area contributed by atoms with Gasteiger partial charge in [-0.1, -0.05) is 18.2 Å². The summed E-state index contributed by atoms with van der Waals surface area (Å²) in [5.41, 5.74) is 6.00. The lowest BCUT2D eigenvalue weighted by Crippen LogP contribution is -2.05. The summed E-state index contributed by atoms with van der Waals surface area (Å²) in [6.45, 7) is 3.38. The number of aromatic amines is 1. The monoisotopic (exact) mass is 387 g/mol. The summed E-state index contributed by atoms with van der Waals surface area (Å²) in [5.74, 6) is 0.481. The molecule has 7 nitrogen and oxygen atoms in total. The van der Waals surface area contributed by atoms with Gasteiger partial charge in [-0.2, -0.15) is 5.10 Å². The number of amides is 2. The van der Waals surface area contributed by atoms with E-state index >= 15 is 0 Å². The smallest absolute Gasteiger partial charge is 0.257 e. The quantitative estimate of drug-likeness (QED) is 0.502. The minimum Gasteiger partial charge on any atom is -0.346 e. The number of fused-ring (bicyclic) bond motifs is 1. The van der Waals surface area contributed by atoms with Crippen molar-refractivity contribution < 1.29 is 9.59 Å². The average Bonchev–Trinajstić information content (AvgIpc) is 3.22. The number of carbonyl (C=O) groups is 2. The molecule has 2 amide bonds. The van der Waals surface area contributed by atoms with Crippen molar-refractivity contribution in [2.24, 2.45) is 0 Å². The van der Waals surface area contributed by atoms with Gasteiger partial charge in [0.05, 0.1) is 11.3 Å². The van der Waals surface area contributed by atoms with Crippen LogP contribution in [0.15, 0.2) is 54.7 Å². The average molecular weight is 387 g/mol. The molecule has 0 spiro atoms. The Kier molecular flexibility index (Phi) is 4.87. The van der Waals surface area contributed by atoms with Gasteiger partial charge in [0.15, 0.2) is 0 Å². The summed E-state index contributed by atoms with van der Waals surface area (Å²) in [6, 6.07) is 15.5. The summed E-state index contributed by atoms with van der Waals surface area (Å²) in [7, 11) is 0. The normalized spacial score (nSPS) is 13.9. The number of aromatic nitrogens is 2. The van der Waals surface area contributed by atoms with Gasteiger partial charge in [-0.15, -0.1) is 0 Å². The maximum Gasteiger partial charge on any atom is 0.257 e. The zero-order chi connectivity index (χ0) is 20.4. The van der Waals surface area contributed by atoms with E-state index in [4.69, 9.17) is 0 Å². The van der Waals surface area contributed by atoms with Crippen LogP contribution in [0, 0.1) is 6.92 Å². The molecule has 1 aliphatic heterocycles. The number of aryl methyl sites for hydroxylation is 1. The van der Waals surface area contributed by atoms with Crippen LogP contribution in [0.5, 0.6) is 0 Å². The van der Waals surface area contributed by atoms with Crippen LogP contribution >= 0.6 is 0 Å². The maximum atomic E-state index is 12.4. The standard InChI is InChI=1S/C22H21N5O2/c1-13-8-21(27-26-13)23-12-19-18-11-16(6-7-20(18)25-22(19)29)9-15-4-3-5-17(10-15)24-14(2)28/h3-8,10-12H,9H2,1-2H3,(H,24,28)(H,25,29)(H2,23,26,27)/b19-12-. The zero-order valence-electron chi connectivity index (χ0n) is 16.2. The molecule has 0 fully saturated rings. The summed E-state index contributed by atoms with van der Waals surface area (Å²) >= 11 is 0. The van der Waals surface area contributed by atoms with Crippen molar-refractivity contribution in [3.05, 3.63) is 77.1 Å². The third kappa shape index (κ3) is 4.19. The Morgan fingerprint density at radius 3 is 2.72 bits per heavy atom. The molecule has 1 aromatic heterocycles. The number of H-pyrrole nitrogens is 1. The number of nitrogens with one attached hydrogen (secondary N) is 4. The van der Waals surface area contributed by atoms with Crippen LogP contribution in [0.1, 0.15) is 29.3 Å². The Balaban J connectivity index is 1.57. The predicted molar refractivity (Wildman–Crippen MR) is 114 cm³/mol. The summed E-state index contributed by atoms with van der Waals surface area (Å²) in [4.78, 5) is 23.7. The van der Waals surface area contributed by atoms with Gasteiger partial charge in [0.1, 0.15) is 5.82 Å². The van der Waals surface area contributed by atoms with E-state index in [9.17, 15) is 9.59 Å². The van der Waals surface area contributed by atoms with Crippen molar-refractivity contribution in [2.45, 2.75) is 20.3 Å². The van der Waals surface area contributed by atoms with E-state index < -0.39 is 0 Å². The highest BCUT2D eigenvalue weighted by molar-refractivity contribution is 6.31. The van der Waals surface area contributed by atoms with Crippen molar-refractivity contribution in [1.82, 2.24) is 10.2 Å². The molecule has 0 atom stereocenters. The van der Waals surface area contributed by atoms with Crippen molar-refractivity contribution in [3.8, 4) is 0 Å². The number of rotatable bonds is 5. The van der Waals surface area contributed by atoms with Crippen LogP contribution in [0.3, 0.4) is 0 Å². The second-order valence-electron chi connectivity index (χ2n) is 7.02. The molecule has 146 valence electrons. The Morgan fingerprint density at radius 1 is 1.14 bits per heavy atom. The van der Waals surface area contributed by atoms with Gasteiger partial charge in [0.25, 0.3) is 5.91 Å². The fourth-order valence-corrected chi connectivity index (χ4v) is 3.33. The second kappa shape index (κ2) is 7.63. The number of benzene rings is 2. The SMILES string of the molecule is CC(=O)Nc1cccc(Cc2ccc3c(c2)/C(=C/Nc2cc(C)n[nH]2)C(=O)N3)c1. The lowest BCUT2D eigenvalue weighted by atomic mass is 9.99. The highest BCUT2D eigenvalue weighted by Gasteiger charge is 2.24. The molecule has 0 radical (unpaired) electrons. The number of carbonyl (C=O) groups excluding carboxylic acids is 2. The highest BCUT2D eigenvalue weighted by atomic mass is 16.2. The third-order valence-corrected chi connectivity index (χ3v) is 4.60. The molecule has 0 unspecified atom stereocenters. The Hall–Kier alpha value is -3.87. The number of nitrogens with zero attached hydrogens (tertiary/aromatic N) is 1. The zero-order valence-corrected chi connectivity index (χ0v) is 16.2. The molecule has 0 aliphatic carbocycles. The van der Waals surface area contributed by atoms with Gasteiger partial charge in [-0.05, 0) is 48.7 Å². The largest absolute Gasteiger partial charge is 0.346 e. The van der Waals surface area contributed by atoms with E-state index in [-0.39, 0.29) is 11.8 Å². The molecule has 2 heterocycles. The molecule has 0 saturated carbocycles. The summed E-state index contributed by atoms with van der Waals surface area (Å²) in [5, 5.41) is 15.7. The molecule has 0 saturated heterocycles. The third-order valence-electron chi connectivity index (χ3n) is 4.60. The molecular weight excluding hydrogens is 366 g/mol. The van der Waals surface area contributed by atoms with Gasteiger partial charge in [0.2, 0.25) is 5.91 Å². The summed E-state index contributed by atoms with van der Waals surface area (Å²) in [6.07, 6.45) is 2.38. The van der Waals surface area contributed by atoms with E-state index in [0.717, 1.165) is 39.6 Å². The van der Waals surface area contributed by atoms with Crippen molar-refractivity contribution in [3.63, 3.8) is 0 Å². The summed E-state index contributed by atoms with van der Waals surface area (Å²) < 4.78 is 0. The van der Waals surface area contributed by atoms with Gasteiger partial charge in [-0.25, -0.2) is 0 Å². The Bertz CT molecular complexity index is 1130. The van der Waals surface area contributed by atoms with Crippen LogP contribution < -0.4 is 16.0 Å². The van der Waals surface area contributed by atoms with Crippen LogP contribution in [-0.4, -0.2) is 22.0 Å². The van der Waals surface area contributed by atoms with E-state index in [1.165, 1.54) is 6.92 Å². The molecular formula is C22H21N5O2. The van der Waals surface area contributed by atoms with E-state index in [0.29, 0.717) is 12.0 Å². The van der Waals surface area contributed by atoms with Gasteiger partial charge < -0.3 is 16.0 Å². The first-order valence-corrected chi connectivity index (χ1v) is 9.28. The van der Waals surface area contributed by atoms with Crippen molar-refractivity contribution in [2.75, 3.05) is 16.0 Å². The van der Waals surface area contributed by atoms with Crippen LogP contribution in [0.4, 0.5) is 17.2 Å². The molecule has 2 aromatic carbocycles. The minimum absolute atomic E-state index is 0.0981. The first-order valence-electron chi connectivity index (χ1n) is 9.28. The second-order valence-corrected chi connectivity index (χ2v) is 7.02. The molecule has 4 N–H and O–H groups in total. The van der Waals surface area contributed by atoms with Gasteiger partial charge in [-0.3, -0.25) is 14.7 Å².